The lowest BCUT2D eigenvalue weighted by molar-refractivity contribution is -0.125. The van der Waals surface area contributed by atoms with E-state index in [1.807, 2.05) is 5.32 Å². The highest BCUT2D eigenvalue weighted by Gasteiger charge is 2.17. The van der Waals surface area contributed by atoms with Crippen molar-refractivity contribution in [2.75, 3.05) is 6.54 Å². The minimum atomic E-state index is -1.69. The number of primary amides is 1. The van der Waals surface area contributed by atoms with Crippen molar-refractivity contribution in [2.45, 2.75) is 6.10 Å². The van der Waals surface area contributed by atoms with Gasteiger partial charge in [-0.05, 0) is 12.1 Å². The van der Waals surface area contributed by atoms with Crippen LogP contribution in [0.3, 0.4) is 0 Å². The Morgan fingerprint density at radius 3 is 2.22 bits per heavy atom. The summed E-state index contributed by atoms with van der Waals surface area (Å²) in [6.45, 7) is -0.519. The first kappa shape index (κ1) is 14.0. The van der Waals surface area contributed by atoms with Crippen LogP contribution in [0.25, 0.3) is 0 Å². The second kappa shape index (κ2) is 5.50. The first-order valence-corrected chi connectivity index (χ1v) is 4.73. The van der Waals surface area contributed by atoms with Crippen molar-refractivity contribution in [3.05, 3.63) is 35.1 Å². The van der Waals surface area contributed by atoms with E-state index in [0.717, 1.165) is 0 Å². The third kappa shape index (κ3) is 3.20. The van der Waals surface area contributed by atoms with E-state index >= 15 is 0 Å². The summed E-state index contributed by atoms with van der Waals surface area (Å²) in [7, 11) is 0. The normalized spacial score (nSPS) is 12.0. The highest BCUT2D eigenvalue weighted by Crippen LogP contribution is 2.13. The molecular formula is C10H9F3N2O3. The summed E-state index contributed by atoms with van der Waals surface area (Å²) in [5.41, 5.74) is 4.24. The molecule has 0 heterocycles. The molecule has 1 atom stereocenters. The van der Waals surface area contributed by atoms with E-state index in [4.69, 9.17) is 10.8 Å². The number of nitrogens with two attached hydrogens (primary N) is 1. The lowest BCUT2D eigenvalue weighted by atomic mass is 10.2. The van der Waals surface area contributed by atoms with Gasteiger partial charge in [-0.1, -0.05) is 0 Å². The quantitative estimate of drug-likeness (QED) is 0.649. The number of rotatable bonds is 4. The van der Waals surface area contributed by atoms with Crippen molar-refractivity contribution in [1.29, 1.82) is 0 Å². The van der Waals surface area contributed by atoms with Gasteiger partial charge < -0.3 is 16.2 Å². The lowest BCUT2D eigenvalue weighted by Crippen LogP contribution is -2.40. The Hall–Kier alpha value is -2.09. The Bertz CT molecular complexity index is 470. The molecule has 0 aliphatic heterocycles. The molecule has 1 aromatic rings. The van der Waals surface area contributed by atoms with Crippen LogP contribution in [0.2, 0.25) is 0 Å². The molecule has 0 spiro atoms. The number of amides is 2. The zero-order valence-electron chi connectivity index (χ0n) is 8.91. The molecule has 4 N–H and O–H groups in total. The molecule has 0 saturated carbocycles. The van der Waals surface area contributed by atoms with Crippen LogP contribution < -0.4 is 11.1 Å². The van der Waals surface area contributed by atoms with Gasteiger partial charge in [0.25, 0.3) is 5.91 Å². The molecule has 0 radical (unpaired) electrons. The highest BCUT2D eigenvalue weighted by molar-refractivity contribution is 5.94. The molecule has 0 aliphatic carbocycles. The third-order valence-electron chi connectivity index (χ3n) is 2.03. The number of aliphatic hydroxyl groups excluding tert-OH is 1. The van der Waals surface area contributed by atoms with Gasteiger partial charge in [0.2, 0.25) is 5.91 Å². The summed E-state index contributed by atoms with van der Waals surface area (Å²) < 4.78 is 38.2. The summed E-state index contributed by atoms with van der Waals surface area (Å²) in [5.74, 6) is -6.77. The summed E-state index contributed by atoms with van der Waals surface area (Å²) >= 11 is 0. The number of halogens is 3. The third-order valence-corrected chi connectivity index (χ3v) is 2.03. The largest absolute Gasteiger partial charge is 0.381 e. The second-order valence-electron chi connectivity index (χ2n) is 3.38. The Balaban J connectivity index is 2.76. The number of hydrogen-bond acceptors (Lipinski definition) is 3. The van der Waals surface area contributed by atoms with Crippen molar-refractivity contribution in [1.82, 2.24) is 5.32 Å². The van der Waals surface area contributed by atoms with Gasteiger partial charge in [0.15, 0.2) is 17.5 Å². The minimum Gasteiger partial charge on any atom is -0.381 e. The smallest absolute Gasteiger partial charge is 0.251 e. The predicted octanol–water partition coefficient (Wildman–Crippen LogP) is -0.320. The van der Waals surface area contributed by atoms with Gasteiger partial charge in [0.1, 0.15) is 6.10 Å². The summed E-state index contributed by atoms with van der Waals surface area (Å²) in [4.78, 5) is 21.8. The summed E-state index contributed by atoms with van der Waals surface area (Å²) in [6, 6.07) is 0.981. The molecule has 0 aliphatic rings. The fraction of sp³-hybridized carbons (Fsp3) is 0.200. The number of nitrogens with one attached hydrogen (secondary N) is 1. The minimum absolute atomic E-state index is 0.483. The van der Waals surface area contributed by atoms with Gasteiger partial charge in [0, 0.05) is 5.56 Å². The van der Waals surface area contributed by atoms with Crippen molar-refractivity contribution < 1.29 is 27.9 Å². The van der Waals surface area contributed by atoms with E-state index < -0.39 is 47.5 Å². The van der Waals surface area contributed by atoms with E-state index in [2.05, 4.69) is 0 Å². The fourth-order valence-electron chi connectivity index (χ4n) is 1.08. The van der Waals surface area contributed by atoms with Crippen molar-refractivity contribution in [3.8, 4) is 0 Å². The molecule has 2 amide bonds. The zero-order valence-corrected chi connectivity index (χ0v) is 8.91. The topological polar surface area (TPSA) is 92.4 Å². The van der Waals surface area contributed by atoms with Crippen LogP contribution in [0.15, 0.2) is 12.1 Å². The molecule has 1 aromatic carbocycles. The van der Waals surface area contributed by atoms with Gasteiger partial charge in [-0.25, -0.2) is 13.2 Å². The lowest BCUT2D eigenvalue weighted by Gasteiger charge is -2.08. The summed E-state index contributed by atoms with van der Waals surface area (Å²) in [6.07, 6.45) is -1.62. The number of carbonyl (C=O) groups is 2. The maximum Gasteiger partial charge on any atom is 0.251 e. The standard InChI is InChI=1S/C10H9F3N2O3/c11-5-1-4(2-6(12)8(5)13)10(18)15-3-7(16)9(14)17/h1-2,7,16H,3H2,(H2,14,17)(H,15,18). The Kier molecular flexibility index (Phi) is 4.27. The van der Waals surface area contributed by atoms with Gasteiger partial charge in [-0.3, -0.25) is 9.59 Å². The van der Waals surface area contributed by atoms with E-state index in [9.17, 15) is 22.8 Å². The SMILES string of the molecule is NC(=O)C(O)CNC(=O)c1cc(F)c(F)c(F)c1. The van der Waals surface area contributed by atoms with Crippen molar-refractivity contribution in [2.24, 2.45) is 5.73 Å². The molecule has 1 rings (SSSR count). The van der Waals surface area contributed by atoms with Crippen LogP contribution in [0.5, 0.6) is 0 Å². The average Bonchev–Trinajstić information content (AvgIpc) is 2.31. The second-order valence-corrected chi connectivity index (χ2v) is 3.38. The number of carbonyl (C=O) groups excluding carboxylic acids is 2. The van der Waals surface area contributed by atoms with E-state index in [0.29, 0.717) is 12.1 Å². The maximum atomic E-state index is 12.8. The Morgan fingerprint density at radius 2 is 1.78 bits per heavy atom. The molecule has 0 aromatic heterocycles. The van der Waals surface area contributed by atoms with Gasteiger partial charge in [-0.15, -0.1) is 0 Å². The van der Waals surface area contributed by atoms with Crippen LogP contribution in [-0.4, -0.2) is 29.6 Å². The van der Waals surface area contributed by atoms with E-state index in [1.54, 1.807) is 0 Å². The van der Waals surface area contributed by atoms with Crippen molar-refractivity contribution in [3.63, 3.8) is 0 Å². The number of benzene rings is 1. The van der Waals surface area contributed by atoms with E-state index in [-0.39, 0.29) is 0 Å². The molecular weight excluding hydrogens is 253 g/mol. The summed E-state index contributed by atoms with van der Waals surface area (Å²) in [5, 5.41) is 11.0. The van der Waals surface area contributed by atoms with Crippen LogP contribution >= 0.6 is 0 Å². The van der Waals surface area contributed by atoms with Gasteiger partial charge in [-0.2, -0.15) is 0 Å². The first-order valence-electron chi connectivity index (χ1n) is 4.73. The number of aliphatic hydroxyl groups is 1. The van der Waals surface area contributed by atoms with Crippen LogP contribution in [0.1, 0.15) is 10.4 Å². The molecule has 1 unspecified atom stereocenters. The van der Waals surface area contributed by atoms with Gasteiger partial charge >= 0.3 is 0 Å². The highest BCUT2D eigenvalue weighted by atomic mass is 19.2. The molecule has 5 nitrogen and oxygen atoms in total. The zero-order chi connectivity index (χ0) is 13.9. The van der Waals surface area contributed by atoms with Crippen LogP contribution in [0, 0.1) is 17.5 Å². The first-order chi connectivity index (χ1) is 8.32. The molecule has 0 saturated heterocycles. The van der Waals surface area contributed by atoms with Crippen LogP contribution in [-0.2, 0) is 4.79 Å². The molecule has 18 heavy (non-hydrogen) atoms. The number of hydrogen-bond donors (Lipinski definition) is 3. The maximum absolute atomic E-state index is 12.8. The average molecular weight is 262 g/mol. The van der Waals surface area contributed by atoms with E-state index in [1.165, 1.54) is 0 Å². The molecule has 8 heteroatoms. The molecule has 0 fully saturated rings. The molecule has 0 bridgehead atoms. The van der Waals surface area contributed by atoms with Gasteiger partial charge in [0.05, 0.1) is 6.54 Å². The fourth-order valence-corrected chi connectivity index (χ4v) is 1.08. The van der Waals surface area contributed by atoms with Crippen molar-refractivity contribution >= 4 is 11.8 Å². The monoisotopic (exact) mass is 262 g/mol. The Labute approximate surface area is 99.4 Å². The Morgan fingerprint density at radius 1 is 1.28 bits per heavy atom. The molecule has 98 valence electrons. The predicted molar refractivity (Wildman–Crippen MR) is 53.9 cm³/mol. The van der Waals surface area contributed by atoms with Crippen LogP contribution in [0.4, 0.5) is 13.2 Å².